The summed E-state index contributed by atoms with van der Waals surface area (Å²) >= 11 is 0. The van der Waals surface area contributed by atoms with Crippen LogP contribution in [0.15, 0.2) is 24.3 Å². The van der Waals surface area contributed by atoms with Gasteiger partial charge >= 0.3 is 5.97 Å². The summed E-state index contributed by atoms with van der Waals surface area (Å²) in [7, 11) is 0. The molecule has 0 saturated carbocycles. The van der Waals surface area contributed by atoms with Gasteiger partial charge in [-0.15, -0.1) is 0 Å². The van der Waals surface area contributed by atoms with Crippen LogP contribution in [0.2, 0.25) is 0 Å². The fourth-order valence-corrected chi connectivity index (χ4v) is 1.45. The molecule has 1 rings (SSSR count). The number of aromatic carboxylic acids is 1. The van der Waals surface area contributed by atoms with Crippen LogP contribution in [0.25, 0.3) is 0 Å². The average Bonchev–Trinajstić information content (AvgIpc) is 2.24. The van der Waals surface area contributed by atoms with Gasteiger partial charge in [-0.05, 0) is 24.0 Å². The Hall–Kier alpha value is -1.35. The van der Waals surface area contributed by atoms with Gasteiger partial charge in [0, 0.05) is 12.6 Å². The Morgan fingerprint density at radius 3 is 2.47 bits per heavy atom. The summed E-state index contributed by atoms with van der Waals surface area (Å²) in [5.41, 5.74) is 1.37. The monoisotopic (exact) mass is 235 g/mol. The number of benzene rings is 1. The van der Waals surface area contributed by atoms with E-state index in [0.717, 1.165) is 5.56 Å². The summed E-state index contributed by atoms with van der Waals surface area (Å²) in [6, 6.07) is 7.43. The molecule has 1 aromatic carbocycles. The van der Waals surface area contributed by atoms with Crippen LogP contribution in [-0.2, 0) is 6.54 Å². The highest BCUT2D eigenvalue weighted by molar-refractivity contribution is 5.89. The molecule has 0 aromatic heterocycles. The first-order valence-electron chi connectivity index (χ1n) is 5.87. The molecule has 0 aliphatic rings. The molecule has 3 nitrogen and oxygen atoms in total. The Balaban J connectivity index is 2.73. The van der Waals surface area contributed by atoms with E-state index in [4.69, 9.17) is 5.11 Å². The fraction of sp³-hybridized carbons (Fsp3) is 0.500. The molecule has 3 heteroatoms. The van der Waals surface area contributed by atoms with Crippen molar-refractivity contribution < 1.29 is 9.90 Å². The van der Waals surface area contributed by atoms with E-state index in [2.05, 4.69) is 33.0 Å². The predicted molar refractivity (Wildman–Crippen MR) is 69.2 cm³/mol. The zero-order chi connectivity index (χ0) is 13.1. The molecule has 2 N–H and O–H groups in total. The van der Waals surface area contributed by atoms with Gasteiger partial charge in [0.25, 0.3) is 0 Å². The van der Waals surface area contributed by atoms with Crippen molar-refractivity contribution >= 4 is 5.97 Å². The molecule has 94 valence electrons. The first-order valence-corrected chi connectivity index (χ1v) is 5.87. The van der Waals surface area contributed by atoms with Crippen LogP contribution >= 0.6 is 0 Å². The number of hydrogen-bond acceptors (Lipinski definition) is 2. The maximum atomic E-state index is 11.0. The van der Waals surface area contributed by atoms with Crippen LogP contribution in [0.1, 0.15) is 43.6 Å². The Labute approximate surface area is 103 Å². The quantitative estimate of drug-likeness (QED) is 0.843. The van der Waals surface area contributed by atoms with Gasteiger partial charge in [-0.1, -0.05) is 39.0 Å². The van der Waals surface area contributed by atoms with Gasteiger partial charge in [0.05, 0.1) is 5.56 Å². The van der Waals surface area contributed by atoms with Crippen molar-refractivity contribution in [2.45, 2.75) is 40.3 Å². The minimum atomic E-state index is -0.870. The van der Waals surface area contributed by atoms with Gasteiger partial charge in [0.2, 0.25) is 0 Å². The SMILES string of the molecule is CC(NCc1ccccc1C(=O)O)C(C)(C)C. The minimum absolute atomic E-state index is 0.165. The van der Waals surface area contributed by atoms with Crippen LogP contribution in [0.4, 0.5) is 0 Å². The van der Waals surface area contributed by atoms with E-state index in [-0.39, 0.29) is 5.41 Å². The number of nitrogens with one attached hydrogen (secondary N) is 1. The first kappa shape index (κ1) is 13.7. The Bertz CT molecular complexity index is 393. The maximum absolute atomic E-state index is 11.0. The lowest BCUT2D eigenvalue weighted by Crippen LogP contribution is -2.37. The lowest BCUT2D eigenvalue weighted by molar-refractivity contribution is 0.0695. The van der Waals surface area contributed by atoms with Crippen LogP contribution in [-0.4, -0.2) is 17.1 Å². The lowest BCUT2D eigenvalue weighted by Gasteiger charge is -2.28. The molecule has 17 heavy (non-hydrogen) atoms. The predicted octanol–water partition coefficient (Wildman–Crippen LogP) is 2.91. The summed E-state index contributed by atoms with van der Waals surface area (Å²) in [6.45, 7) is 9.18. The second-order valence-corrected chi connectivity index (χ2v) is 5.43. The van der Waals surface area contributed by atoms with Crippen LogP contribution in [0.5, 0.6) is 0 Å². The Morgan fingerprint density at radius 2 is 1.94 bits per heavy atom. The van der Waals surface area contributed by atoms with E-state index < -0.39 is 5.97 Å². The van der Waals surface area contributed by atoms with Crippen LogP contribution < -0.4 is 5.32 Å². The molecule has 0 fully saturated rings. The smallest absolute Gasteiger partial charge is 0.336 e. The third-order valence-electron chi connectivity index (χ3n) is 3.15. The van der Waals surface area contributed by atoms with Crippen molar-refractivity contribution in [3.8, 4) is 0 Å². The van der Waals surface area contributed by atoms with E-state index in [1.165, 1.54) is 0 Å². The third-order valence-corrected chi connectivity index (χ3v) is 3.15. The molecule has 0 spiro atoms. The Morgan fingerprint density at radius 1 is 1.35 bits per heavy atom. The maximum Gasteiger partial charge on any atom is 0.336 e. The molecule has 1 unspecified atom stereocenters. The Kier molecular flexibility index (Phi) is 4.29. The molecule has 0 aliphatic heterocycles. The van der Waals surface area contributed by atoms with Crippen molar-refractivity contribution in [1.82, 2.24) is 5.32 Å². The average molecular weight is 235 g/mol. The molecule has 0 amide bonds. The number of carbonyl (C=O) groups is 1. The number of carboxylic acids is 1. The summed E-state index contributed by atoms with van der Waals surface area (Å²) < 4.78 is 0. The molecule has 0 heterocycles. The second-order valence-electron chi connectivity index (χ2n) is 5.43. The van der Waals surface area contributed by atoms with E-state index in [9.17, 15) is 4.79 Å². The van der Waals surface area contributed by atoms with Crippen LogP contribution in [0, 0.1) is 5.41 Å². The molecular weight excluding hydrogens is 214 g/mol. The second kappa shape index (κ2) is 5.32. The topological polar surface area (TPSA) is 49.3 Å². The number of rotatable bonds is 4. The van der Waals surface area contributed by atoms with Gasteiger partial charge in [0.1, 0.15) is 0 Å². The highest BCUT2D eigenvalue weighted by Gasteiger charge is 2.19. The summed E-state index contributed by atoms with van der Waals surface area (Å²) in [6.07, 6.45) is 0. The standard InChI is InChI=1S/C14H21NO2/c1-10(14(2,3)4)15-9-11-7-5-6-8-12(11)13(16)17/h5-8,10,15H,9H2,1-4H3,(H,16,17). The number of hydrogen-bond donors (Lipinski definition) is 2. The van der Waals surface area contributed by atoms with E-state index >= 15 is 0 Å². The van der Waals surface area contributed by atoms with Gasteiger partial charge in [-0.3, -0.25) is 0 Å². The third kappa shape index (κ3) is 3.86. The minimum Gasteiger partial charge on any atom is -0.478 e. The summed E-state index contributed by atoms with van der Waals surface area (Å²) in [5, 5.41) is 12.4. The van der Waals surface area contributed by atoms with E-state index in [1.807, 2.05) is 12.1 Å². The lowest BCUT2D eigenvalue weighted by atomic mass is 9.88. The molecular formula is C14H21NO2. The summed E-state index contributed by atoms with van der Waals surface area (Å²) in [4.78, 5) is 11.0. The number of carboxylic acid groups (broad SMARTS) is 1. The normalized spacial score (nSPS) is 13.4. The van der Waals surface area contributed by atoms with Crippen molar-refractivity contribution in [2.75, 3.05) is 0 Å². The van der Waals surface area contributed by atoms with Crippen LogP contribution in [0.3, 0.4) is 0 Å². The fourth-order valence-electron chi connectivity index (χ4n) is 1.45. The molecule has 1 atom stereocenters. The molecule has 0 saturated heterocycles. The van der Waals surface area contributed by atoms with Gasteiger partial charge in [-0.2, -0.15) is 0 Å². The van der Waals surface area contributed by atoms with Crippen molar-refractivity contribution in [2.24, 2.45) is 5.41 Å². The van der Waals surface area contributed by atoms with E-state index in [0.29, 0.717) is 18.2 Å². The highest BCUT2D eigenvalue weighted by Crippen LogP contribution is 2.19. The zero-order valence-electron chi connectivity index (χ0n) is 10.9. The van der Waals surface area contributed by atoms with Crippen molar-refractivity contribution in [3.63, 3.8) is 0 Å². The molecule has 0 aliphatic carbocycles. The van der Waals surface area contributed by atoms with Crippen molar-refractivity contribution in [3.05, 3.63) is 35.4 Å². The van der Waals surface area contributed by atoms with E-state index in [1.54, 1.807) is 12.1 Å². The summed E-state index contributed by atoms with van der Waals surface area (Å²) in [5.74, 6) is -0.870. The van der Waals surface area contributed by atoms with Gasteiger partial charge in [0.15, 0.2) is 0 Å². The van der Waals surface area contributed by atoms with Gasteiger partial charge in [-0.25, -0.2) is 4.79 Å². The molecule has 0 bridgehead atoms. The highest BCUT2D eigenvalue weighted by atomic mass is 16.4. The van der Waals surface area contributed by atoms with Crippen molar-refractivity contribution in [1.29, 1.82) is 0 Å². The molecule has 0 radical (unpaired) electrons. The van der Waals surface area contributed by atoms with Gasteiger partial charge < -0.3 is 10.4 Å². The zero-order valence-corrected chi connectivity index (χ0v) is 10.9. The largest absolute Gasteiger partial charge is 0.478 e. The molecule has 1 aromatic rings. The first-order chi connectivity index (χ1) is 7.82.